The molecule has 0 nitrogen and oxygen atoms in total. The van der Waals surface area contributed by atoms with Crippen LogP contribution in [0, 0.1) is 17.0 Å². The molecule has 0 unspecified atom stereocenters. The minimum absolute atomic E-state index is 0.0854. The quantitative estimate of drug-likeness (QED) is 0.659. The molecule has 0 spiro atoms. The fourth-order valence-corrected chi connectivity index (χ4v) is 2.70. The monoisotopic (exact) mass is 280 g/mol. The Hall–Kier alpha value is -0.340. The van der Waals surface area contributed by atoms with Gasteiger partial charge in [0.15, 0.2) is 0 Å². The predicted molar refractivity (Wildman–Crippen MR) is 68.8 cm³/mol. The second kappa shape index (κ2) is 6.55. The van der Waals surface area contributed by atoms with Gasteiger partial charge in [0.05, 0.1) is 0 Å². The van der Waals surface area contributed by atoms with Crippen LogP contribution in [0.3, 0.4) is 0 Å². The van der Waals surface area contributed by atoms with Crippen molar-refractivity contribution in [2.75, 3.05) is 11.8 Å². The molecule has 1 rings (SSSR count). The minimum atomic E-state index is -0.527. The zero-order chi connectivity index (χ0) is 12.9. The summed E-state index contributed by atoms with van der Waals surface area (Å²) in [6.45, 7) is 2.01. The van der Waals surface area contributed by atoms with E-state index in [1.807, 2.05) is 6.92 Å². The Labute approximate surface area is 111 Å². The topological polar surface area (TPSA) is 0 Å². The number of benzene rings is 1. The molecule has 1 aromatic carbocycles. The SMILES string of the molecule is CCCC(CCl)(CCl)Cc1c(F)cccc1F. The first-order valence-corrected chi connectivity index (χ1v) is 6.70. The van der Waals surface area contributed by atoms with Crippen molar-refractivity contribution in [1.82, 2.24) is 0 Å². The Balaban J connectivity index is 3.01. The highest BCUT2D eigenvalue weighted by molar-refractivity contribution is 6.21. The molecule has 0 aliphatic carbocycles. The van der Waals surface area contributed by atoms with Gasteiger partial charge in [-0.25, -0.2) is 8.78 Å². The molecular weight excluding hydrogens is 265 g/mol. The van der Waals surface area contributed by atoms with Gasteiger partial charge < -0.3 is 0 Å². The van der Waals surface area contributed by atoms with Crippen LogP contribution < -0.4 is 0 Å². The van der Waals surface area contributed by atoms with Crippen LogP contribution in [-0.4, -0.2) is 11.8 Å². The lowest BCUT2D eigenvalue weighted by atomic mass is 9.81. The van der Waals surface area contributed by atoms with Crippen molar-refractivity contribution in [2.24, 2.45) is 5.41 Å². The number of hydrogen-bond acceptors (Lipinski definition) is 0. The Kier molecular flexibility index (Phi) is 5.68. The fourth-order valence-electron chi connectivity index (χ4n) is 1.96. The van der Waals surface area contributed by atoms with E-state index >= 15 is 0 Å². The van der Waals surface area contributed by atoms with E-state index in [1.54, 1.807) is 0 Å². The summed E-state index contributed by atoms with van der Waals surface area (Å²) in [5.41, 5.74) is -0.344. The minimum Gasteiger partial charge on any atom is -0.207 e. The molecule has 0 aromatic heterocycles. The second-order valence-corrected chi connectivity index (χ2v) is 4.93. The molecule has 1 aromatic rings. The number of hydrogen-bond donors (Lipinski definition) is 0. The summed E-state index contributed by atoms with van der Waals surface area (Å²) in [5, 5.41) is 0. The summed E-state index contributed by atoms with van der Waals surface area (Å²) < 4.78 is 27.1. The maximum Gasteiger partial charge on any atom is 0.129 e. The Morgan fingerprint density at radius 2 is 1.65 bits per heavy atom. The van der Waals surface area contributed by atoms with Crippen LogP contribution in [0.1, 0.15) is 25.3 Å². The standard InChI is InChI=1S/C13H16Cl2F2/c1-2-6-13(8-14,9-15)7-10-11(16)4-3-5-12(10)17/h3-5H,2,6-9H2,1H3. The van der Waals surface area contributed by atoms with Gasteiger partial charge in [-0.2, -0.15) is 0 Å². The van der Waals surface area contributed by atoms with E-state index in [0.717, 1.165) is 12.8 Å². The molecule has 0 aliphatic heterocycles. The highest BCUT2D eigenvalue weighted by Gasteiger charge is 2.30. The van der Waals surface area contributed by atoms with E-state index in [1.165, 1.54) is 18.2 Å². The average molecular weight is 281 g/mol. The van der Waals surface area contributed by atoms with Gasteiger partial charge in [-0.1, -0.05) is 19.4 Å². The predicted octanol–water partition coefficient (Wildman–Crippen LogP) is 4.77. The third-order valence-corrected chi connectivity index (χ3v) is 4.09. The molecule has 0 radical (unpaired) electrons. The molecule has 0 saturated carbocycles. The lowest BCUT2D eigenvalue weighted by molar-refractivity contribution is 0.330. The van der Waals surface area contributed by atoms with Crippen LogP contribution in [0.5, 0.6) is 0 Å². The van der Waals surface area contributed by atoms with Gasteiger partial charge in [0.1, 0.15) is 11.6 Å². The number of alkyl halides is 2. The Morgan fingerprint density at radius 3 is 2.06 bits per heavy atom. The first-order valence-electron chi connectivity index (χ1n) is 5.63. The van der Waals surface area contributed by atoms with Crippen molar-refractivity contribution in [3.8, 4) is 0 Å². The summed E-state index contributed by atoms with van der Waals surface area (Å²) in [5.74, 6) is -0.447. The van der Waals surface area contributed by atoms with Crippen LogP contribution in [0.2, 0.25) is 0 Å². The van der Waals surface area contributed by atoms with E-state index in [2.05, 4.69) is 0 Å². The first-order chi connectivity index (χ1) is 8.08. The van der Waals surface area contributed by atoms with Crippen LogP contribution >= 0.6 is 23.2 Å². The molecule has 0 aliphatic rings. The molecule has 0 amide bonds. The maximum atomic E-state index is 13.6. The van der Waals surface area contributed by atoms with Crippen molar-refractivity contribution >= 4 is 23.2 Å². The molecule has 0 heterocycles. The smallest absolute Gasteiger partial charge is 0.129 e. The average Bonchev–Trinajstić information content (AvgIpc) is 2.33. The van der Waals surface area contributed by atoms with Crippen molar-refractivity contribution in [3.63, 3.8) is 0 Å². The number of rotatable bonds is 6. The first kappa shape index (κ1) is 14.7. The summed E-state index contributed by atoms with van der Waals surface area (Å²) in [7, 11) is 0. The third kappa shape index (κ3) is 3.56. The van der Waals surface area contributed by atoms with Gasteiger partial charge >= 0.3 is 0 Å². The van der Waals surface area contributed by atoms with Crippen molar-refractivity contribution in [1.29, 1.82) is 0 Å². The summed E-state index contributed by atoms with van der Waals surface area (Å²) in [4.78, 5) is 0. The van der Waals surface area contributed by atoms with Gasteiger partial charge in [0, 0.05) is 22.7 Å². The van der Waals surface area contributed by atoms with Gasteiger partial charge in [-0.15, -0.1) is 23.2 Å². The largest absolute Gasteiger partial charge is 0.207 e. The molecule has 0 bridgehead atoms. The molecule has 0 saturated heterocycles. The van der Waals surface area contributed by atoms with Crippen molar-refractivity contribution < 1.29 is 8.78 Å². The molecule has 4 heteroatoms. The van der Waals surface area contributed by atoms with Gasteiger partial charge in [0.2, 0.25) is 0 Å². The van der Waals surface area contributed by atoms with Crippen LogP contribution in [0.25, 0.3) is 0 Å². The number of halogens is 4. The normalized spacial score (nSPS) is 11.8. The highest BCUT2D eigenvalue weighted by Crippen LogP contribution is 2.33. The van der Waals surface area contributed by atoms with E-state index in [-0.39, 0.29) is 12.0 Å². The summed E-state index contributed by atoms with van der Waals surface area (Å²) in [6, 6.07) is 3.88. The van der Waals surface area contributed by atoms with Crippen LogP contribution in [-0.2, 0) is 6.42 Å². The summed E-state index contributed by atoms with van der Waals surface area (Å²) in [6.07, 6.45) is 1.88. The van der Waals surface area contributed by atoms with Crippen molar-refractivity contribution in [3.05, 3.63) is 35.4 Å². The van der Waals surface area contributed by atoms with Gasteiger partial charge in [0.25, 0.3) is 0 Å². The Morgan fingerprint density at radius 1 is 1.12 bits per heavy atom. The van der Waals surface area contributed by atoms with Gasteiger partial charge in [-0.3, -0.25) is 0 Å². The molecular formula is C13H16Cl2F2. The molecule has 17 heavy (non-hydrogen) atoms. The van der Waals surface area contributed by atoms with E-state index < -0.39 is 17.0 Å². The lowest BCUT2D eigenvalue weighted by Crippen LogP contribution is -2.29. The molecule has 0 N–H and O–H groups in total. The summed E-state index contributed by atoms with van der Waals surface area (Å²) >= 11 is 11.9. The molecule has 96 valence electrons. The zero-order valence-electron chi connectivity index (χ0n) is 9.78. The van der Waals surface area contributed by atoms with Crippen LogP contribution in [0.15, 0.2) is 18.2 Å². The van der Waals surface area contributed by atoms with Crippen molar-refractivity contribution in [2.45, 2.75) is 26.2 Å². The lowest BCUT2D eigenvalue weighted by Gasteiger charge is -2.29. The van der Waals surface area contributed by atoms with E-state index in [9.17, 15) is 8.78 Å². The van der Waals surface area contributed by atoms with E-state index in [4.69, 9.17) is 23.2 Å². The van der Waals surface area contributed by atoms with Crippen LogP contribution in [0.4, 0.5) is 8.78 Å². The van der Waals surface area contributed by atoms with Gasteiger partial charge in [-0.05, 0) is 25.0 Å². The maximum absolute atomic E-state index is 13.6. The zero-order valence-corrected chi connectivity index (χ0v) is 11.3. The Bertz CT molecular complexity index is 342. The molecule has 0 fully saturated rings. The molecule has 0 atom stereocenters. The fraction of sp³-hybridized carbons (Fsp3) is 0.538. The second-order valence-electron chi connectivity index (χ2n) is 4.39. The highest BCUT2D eigenvalue weighted by atomic mass is 35.5. The van der Waals surface area contributed by atoms with E-state index in [0.29, 0.717) is 11.8 Å². The third-order valence-electron chi connectivity index (χ3n) is 2.96.